The fourth-order valence-corrected chi connectivity index (χ4v) is 2.87. The molecule has 1 aliphatic heterocycles. The molecule has 0 saturated carbocycles. The molecule has 2 amide bonds. The average Bonchev–Trinajstić information content (AvgIpc) is 2.40. The molecule has 1 atom stereocenters. The van der Waals surface area contributed by atoms with Crippen molar-refractivity contribution in [2.75, 3.05) is 12.8 Å². The fourth-order valence-electron chi connectivity index (χ4n) is 2.20. The summed E-state index contributed by atoms with van der Waals surface area (Å²) in [7, 11) is 0. The number of piperidine rings is 1. The van der Waals surface area contributed by atoms with Crippen LogP contribution in [0, 0.1) is 13.8 Å². The Hall–Kier alpha value is -1.63. The molecule has 20 heavy (non-hydrogen) atoms. The first-order valence-electron chi connectivity index (χ1n) is 6.48. The molecular weight excluding hydrogens is 276 g/mol. The Morgan fingerprint density at radius 2 is 2.15 bits per heavy atom. The number of nitrogens with one attached hydrogen (secondary N) is 2. The van der Waals surface area contributed by atoms with Crippen molar-refractivity contribution in [3.8, 4) is 0 Å². The van der Waals surface area contributed by atoms with Crippen LogP contribution in [-0.4, -0.2) is 40.6 Å². The number of nitrogens with zero attached hydrogens (tertiary/aromatic N) is 2. The van der Waals surface area contributed by atoms with Gasteiger partial charge in [-0.3, -0.25) is 9.59 Å². The first kappa shape index (κ1) is 14.8. The third kappa shape index (κ3) is 3.27. The molecule has 0 radical (unpaired) electrons. The lowest BCUT2D eigenvalue weighted by Crippen LogP contribution is -2.48. The number of aryl methyl sites for hydroxylation is 2. The minimum Gasteiger partial charge on any atom is -0.354 e. The van der Waals surface area contributed by atoms with Gasteiger partial charge in [0, 0.05) is 19.0 Å². The van der Waals surface area contributed by atoms with E-state index in [2.05, 4.69) is 20.6 Å². The molecule has 2 rings (SSSR count). The summed E-state index contributed by atoms with van der Waals surface area (Å²) in [5.74, 6) is 0.525. The minimum atomic E-state index is -0.173. The topological polar surface area (TPSA) is 84.0 Å². The van der Waals surface area contributed by atoms with Gasteiger partial charge < -0.3 is 10.6 Å². The normalized spacial score (nSPS) is 18.6. The summed E-state index contributed by atoms with van der Waals surface area (Å²) >= 11 is 1.43. The summed E-state index contributed by atoms with van der Waals surface area (Å²) in [4.78, 5) is 32.1. The summed E-state index contributed by atoms with van der Waals surface area (Å²) in [5, 5.41) is 6.38. The Labute approximate surface area is 122 Å². The zero-order valence-electron chi connectivity index (χ0n) is 11.8. The van der Waals surface area contributed by atoms with Crippen molar-refractivity contribution in [1.82, 2.24) is 20.6 Å². The lowest BCUT2D eigenvalue weighted by molar-refractivity contribution is -0.122. The van der Waals surface area contributed by atoms with Crippen LogP contribution in [0.5, 0.6) is 0 Å². The van der Waals surface area contributed by atoms with Gasteiger partial charge in [-0.2, -0.15) is 0 Å². The predicted molar refractivity (Wildman–Crippen MR) is 76.8 cm³/mol. The summed E-state index contributed by atoms with van der Waals surface area (Å²) in [5.41, 5.74) is 1.21. The van der Waals surface area contributed by atoms with Gasteiger partial charge in [0.2, 0.25) is 5.91 Å². The van der Waals surface area contributed by atoms with E-state index in [1.54, 1.807) is 0 Å². The van der Waals surface area contributed by atoms with Gasteiger partial charge in [-0.25, -0.2) is 9.97 Å². The smallest absolute Gasteiger partial charge is 0.256 e. The number of amides is 2. The molecule has 1 fully saturated rings. The number of hydrogen-bond acceptors (Lipinski definition) is 5. The molecule has 1 unspecified atom stereocenters. The van der Waals surface area contributed by atoms with Gasteiger partial charge in [-0.1, -0.05) is 0 Å². The highest BCUT2D eigenvalue weighted by Crippen LogP contribution is 2.20. The maximum Gasteiger partial charge on any atom is 0.256 e. The Balaban J connectivity index is 2.15. The number of thioether (sulfide) groups is 1. The van der Waals surface area contributed by atoms with E-state index in [1.807, 2.05) is 20.1 Å². The zero-order chi connectivity index (χ0) is 14.7. The number of aromatic nitrogens is 2. The lowest BCUT2D eigenvalue weighted by Gasteiger charge is -2.24. The number of hydrogen-bond donors (Lipinski definition) is 2. The van der Waals surface area contributed by atoms with E-state index >= 15 is 0 Å². The van der Waals surface area contributed by atoms with Gasteiger partial charge in [-0.05, 0) is 26.5 Å². The number of rotatable bonds is 3. The molecule has 0 bridgehead atoms. The van der Waals surface area contributed by atoms with Gasteiger partial charge in [0.05, 0.1) is 11.3 Å². The molecule has 0 spiro atoms. The van der Waals surface area contributed by atoms with Crippen LogP contribution in [0.2, 0.25) is 0 Å². The van der Waals surface area contributed by atoms with Gasteiger partial charge in [0.15, 0.2) is 0 Å². The molecule has 1 saturated heterocycles. The van der Waals surface area contributed by atoms with Crippen molar-refractivity contribution < 1.29 is 9.59 Å². The van der Waals surface area contributed by atoms with Crippen molar-refractivity contribution in [1.29, 1.82) is 0 Å². The van der Waals surface area contributed by atoms with Crippen molar-refractivity contribution in [3.63, 3.8) is 0 Å². The average molecular weight is 294 g/mol. The first-order valence-corrected chi connectivity index (χ1v) is 7.70. The molecule has 1 aromatic heterocycles. The van der Waals surface area contributed by atoms with Gasteiger partial charge >= 0.3 is 0 Å². The zero-order valence-corrected chi connectivity index (χ0v) is 12.6. The molecule has 0 aliphatic carbocycles. The Bertz CT molecular complexity index is 537. The molecular formula is C13H18N4O2S. The highest BCUT2D eigenvalue weighted by molar-refractivity contribution is 7.98. The predicted octanol–water partition coefficient (Wildman–Crippen LogP) is 0.824. The molecule has 1 aromatic rings. The number of carbonyl (C=O) groups is 2. The molecule has 0 aromatic carbocycles. The largest absolute Gasteiger partial charge is 0.354 e. The lowest BCUT2D eigenvalue weighted by atomic mass is 10.1. The quantitative estimate of drug-likeness (QED) is 0.637. The molecule has 1 aliphatic rings. The van der Waals surface area contributed by atoms with Gasteiger partial charge in [0.1, 0.15) is 10.9 Å². The van der Waals surface area contributed by atoms with Crippen LogP contribution in [0.4, 0.5) is 0 Å². The van der Waals surface area contributed by atoms with Crippen molar-refractivity contribution in [3.05, 3.63) is 17.1 Å². The van der Waals surface area contributed by atoms with E-state index in [0.29, 0.717) is 41.5 Å². The SMILES string of the molecule is CSc1nc(C)nc(C)c1C(=O)NC1CCC(=O)NC1. The molecule has 7 heteroatoms. The second kappa shape index (κ2) is 6.21. The molecule has 6 nitrogen and oxygen atoms in total. The van der Waals surface area contributed by atoms with Crippen LogP contribution < -0.4 is 10.6 Å². The summed E-state index contributed by atoms with van der Waals surface area (Å²) in [6.07, 6.45) is 3.00. The summed E-state index contributed by atoms with van der Waals surface area (Å²) in [6.45, 7) is 4.10. The van der Waals surface area contributed by atoms with Crippen molar-refractivity contribution >= 4 is 23.6 Å². The molecule has 2 heterocycles. The third-order valence-electron chi connectivity index (χ3n) is 3.19. The van der Waals surface area contributed by atoms with Crippen molar-refractivity contribution in [2.45, 2.75) is 37.8 Å². The third-order valence-corrected chi connectivity index (χ3v) is 3.87. The first-order chi connectivity index (χ1) is 9.51. The van der Waals surface area contributed by atoms with Crippen LogP contribution in [-0.2, 0) is 4.79 Å². The maximum atomic E-state index is 12.4. The van der Waals surface area contributed by atoms with E-state index in [9.17, 15) is 9.59 Å². The van der Waals surface area contributed by atoms with Crippen LogP contribution in [0.3, 0.4) is 0 Å². The van der Waals surface area contributed by atoms with Gasteiger partial charge in [-0.15, -0.1) is 11.8 Å². The van der Waals surface area contributed by atoms with E-state index in [0.717, 1.165) is 0 Å². The van der Waals surface area contributed by atoms with Crippen molar-refractivity contribution in [2.24, 2.45) is 0 Å². The van der Waals surface area contributed by atoms with Crippen LogP contribution in [0.1, 0.15) is 34.7 Å². The fraction of sp³-hybridized carbons (Fsp3) is 0.538. The van der Waals surface area contributed by atoms with Gasteiger partial charge in [0.25, 0.3) is 5.91 Å². The second-order valence-corrected chi connectivity index (χ2v) is 5.55. The monoisotopic (exact) mass is 294 g/mol. The summed E-state index contributed by atoms with van der Waals surface area (Å²) < 4.78 is 0. The highest BCUT2D eigenvalue weighted by atomic mass is 32.2. The Morgan fingerprint density at radius 1 is 1.40 bits per heavy atom. The highest BCUT2D eigenvalue weighted by Gasteiger charge is 2.23. The second-order valence-electron chi connectivity index (χ2n) is 4.75. The maximum absolute atomic E-state index is 12.4. The Kier molecular flexibility index (Phi) is 4.59. The van der Waals surface area contributed by atoms with Crippen LogP contribution in [0.25, 0.3) is 0 Å². The van der Waals surface area contributed by atoms with E-state index in [1.165, 1.54) is 11.8 Å². The van der Waals surface area contributed by atoms with Crippen LogP contribution >= 0.6 is 11.8 Å². The van der Waals surface area contributed by atoms with E-state index in [-0.39, 0.29) is 17.9 Å². The molecule has 2 N–H and O–H groups in total. The van der Waals surface area contributed by atoms with E-state index < -0.39 is 0 Å². The summed E-state index contributed by atoms with van der Waals surface area (Å²) in [6, 6.07) is -0.0318. The van der Waals surface area contributed by atoms with Crippen LogP contribution in [0.15, 0.2) is 5.03 Å². The standard InChI is InChI=1S/C13H18N4O2S/c1-7-11(13(20-3)16-8(2)15-7)12(19)17-9-4-5-10(18)14-6-9/h9H,4-6H2,1-3H3,(H,14,18)(H,17,19). The molecule has 108 valence electrons. The Morgan fingerprint density at radius 3 is 2.75 bits per heavy atom. The number of carbonyl (C=O) groups excluding carboxylic acids is 2. The minimum absolute atomic E-state index is 0.0318. The van der Waals surface area contributed by atoms with E-state index in [4.69, 9.17) is 0 Å².